The lowest BCUT2D eigenvalue weighted by molar-refractivity contribution is -0.130. The molecule has 1 fully saturated rings. The Bertz CT molecular complexity index is 1210. The molecule has 0 spiro atoms. The number of allylic oxidation sites excluding steroid dienone is 2. The van der Waals surface area contributed by atoms with Crippen molar-refractivity contribution >= 4 is 40.3 Å². The normalized spacial score (nSPS) is 20.7. The average molecular weight is 493 g/mol. The van der Waals surface area contributed by atoms with Gasteiger partial charge in [-0.2, -0.15) is 5.10 Å². The molecule has 0 atom stereocenters. The van der Waals surface area contributed by atoms with Crippen LogP contribution in [0.2, 0.25) is 0 Å². The van der Waals surface area contributed by atoms with Crippen molar-refractivity contribution in [3.05, 3.63) is 40.7 Å². The first-order chi connectivity index (χ1) is 17.0. The number of amides is 2. The van der Waals surface area contributed by atoms with Gasteiger partial charge in [0.2, 0.25) is 11.7 Å². The Balaban J connectivity index is 1.77. The van der Waals surface area contributed by atoms with Crippen molar-refractivity contribution in [3.8, 4) is 0 Å². The van der Waals surface area contributed by atoms with E-state index in [2.05, 4.69) is 29.2 Å². The van der Waals surface area contributed by atoms with Gasteiger partial charge >= 0.3 is 0 Å². The Labute approximate surface area is 212 Å². The molecule has 0 bridgehead atoms. The number of nitrogens with zero attached hydrogens (tertiary/aromatic N) is 3. The van der Waals surface area contributed by atoms with Gasteiger partial charge in [0.05, 0.1) is 33.7 Å². The number of Topliss-reactive ketones (excluding diaryl/α,β-unsaturated/α-hetero) is 1. The molecule has 36 heavy (non-hydrogen) atoms. The minimum atomic E-state index is -0.562. The zero-order chi connectivity index (χ0) is 26.4. The Hall–Kier alpha value is -3.42. The zero-order valence-electron chi connectivity index (χ0n) is 22.1. The van der Waals surface area contributed by atoms with Crippen LogP contribution in [0.25, 0.3) is 5.57 Å². The molecule has 1 aromatic carbocycles. The molecule has 8 nitrogen and oxygen atoms in total. The topological polar surface area (TPSA) is 102 Å². The molecule has 4 rings (SSSR count). The third-order valence-corrected chi connectivity index (χ3v) is 7.22. The highest BCUT2D eigenvalue weighted by Crippen LogP contribution is 2.43. The summed E-state index contributed by atoms with van der Waals surface area (Å²) in [5.41, 5.74) is 1.94. The molecule has 1 saturated carbocycles. The van der Waals surface area contributed by atoms with Crippen LogP contribution < -0.4 is 10.2 Å². The van der Waals surface area contributed by atoms with E-state index in [1.165, 1.54) is 5.01 Å². The average Bonchev–Trinajstić information content (AvgIpc) is 3.46. The lowest BCUT2D eigenvalue weighted by Gasteiger charge is -2.29. The molecule has 1 aliphatic heterocycles. The predicted octanol–water partition coefficient (Wildman–Crippen LogP) is 4.83. The maximum absolute atomic E-state index is 13.4. The van der Waals surface area contributed by atoms with E-state index < -0.39 is 17.2 Å². The number of anilines is 2. The van der Waals surface area contributed by atoms with Crippen LogP contribution in [0, 0.1) is 5.92 Å². The summed E-state index contributed by atoms with van der Waals surface area (Å²) >= 11 is 0. The SMILES string of the molecule is CCN(CC)c1ccc(C2=C(O)C(=C3C(=O)N(C(C)(C)C)N=C3C)C2=O)c(NC(=O)C2CCCC2)c1. The van der Waals surface area contributed by atoms with Crippen LogP contribution in [-0.2, 0) is 14.4 Å². The van der Waals surface area contributed by atoms with Gasteiger partial charge in [0.25, 0.3) is 5.91 Å². The second kappa shape index (κ2) is 9.56. The molecular formula is C28H36N4O4. The molecule has 0 radical (unpaired) electrons. The van der Waals surface area contributed by atoms with Gasteiger partial charge in [-0.1, -0.05) is 12.8 Å². The van der Waals surface area contributed by atoms with Crippen LogP contribution in [0.5, 0.6) is 0 Å². The van der Waals surface area contributed by atoms with Crippen molar-refractivity contribution < 1.29 is 19.5 Å². The Morgan fingerprint density at radius 3 is 2.28 bits per heavy atom. The van der Waals surface area contributed by atoms with Crippen LogP contribution >= 0.6 is 0 Å². The molecule has 8 heteroatoms. The molecule has 0 unspecified atom stereocenters. The third-order valence-electron chi connectivity index (χ3n) is 7.22. The standard InChI is InChI=1S/C28H36N4O4/c1-7-31(8-2)18-13-14-19(20(15-18)29-26(35)17-11-9-10-12-17)22-24(33)23(25(22)34)21-16(3)30-32(27(21)36)28(4,5)6/h13-15,17,33H,7-12H2,1-6H3,(H,29,35). The van der Waals surface area contributed by atoms with E-state index in [9.17, 15) is 19.5 Å². The molecule has 0 aromatic heterocycles. The predicted molar refractivity (Wildman–Crippen MR) is 142 cm³/mol. The largest absolute Gasteiger partial charge is 0.506 e. The van der Waals surface area contributed by atoms with Gasteiger partial charge < -0.3 is 15.3 Å². The summed E-state index contributed by atoms with van der Waals surface area (Å²) in [5, 5.41) is 19.8. The summed E-state index contributed by atoms with van der Waals surface area (Å²) in [5.74, 6) is -1.18. The number of carbonyl (C=O) groups excluding carboxylic acids is 3. The molecule has 3 aliphatic rings. The molecular weight excluding hydrogens is 456 g/mol. The molecule has 2 amide bonds. The first-order valence-corrected chi connectivity index (χ1v) is 12.8. The number of rotatable bonds is 6. The monoisotopic (exact) mass is 492 g/mol. The van der Waals surface area contributed by atoms with Crippen molar-refractivity contribution in [1.82, 2.24) is 5.01 Å². The number of hydrogen-bond donors (Lipinski definition) is 2. The number of carbonyl (C=O) groups is 3. The summed E-state index contributed by atoms with van der Waals surface area (Å²) in [7, 11) is 0. The van der Waals surface area contributed by atoms with Crippen molar-refractivity contribution in [2.75, 3.05) is 23.3 Å². The van der Waals surface area contributed by atoms with Gasteiger partial charge in [0.15, 0.2) is 0 Å². The van der Waals surface area contributed by atoms with Crippen LogP contribution in [0.3, 0.4) is 0 Å². The van der Waals surface area contributed by atoms with Gasteiger partial charge in [-0.25, -0.2) is 5.01 Å². The van der Waals surface area contributed by atoms with Crippen LogP contribution in [0.15, 0.2) is 40.2 Å². The number of nitrogens with one attached hydrogen (secondary N) is 1. The number of hydrazone groups is 1. The highest BCUT2D eigenvalue weighted by atomic mass is 16.3. The summed E-state index contributed by atoms with van der Waals surface area (Å²) in [6.07, 6.45) is 3.77. The first kappa shape index (κ1) is 25.7. The van der Waals surface area contributed by atoms with E-state index >= 15 is 0 Å². The lowest BCUT2D eigenvalue weighted by Crippen LogP contribution is -2.40. The second-order valence-electron chi connectivity index (χ2n) is 10.6. The maximum Gasteiger partial charge on any atom is 0.277 e. The molecule has 1 aromatic rings. The van der Waals surface area contributed by atoms with Gasteiger partial charge in [0, 0.05) is 30.3 Å². The molecule has 1 heterocycles. The number of benzene rings is 1. The fourth-order valence-electron chi connectivity index (χ4n) is 5.19. The van der Waals surface area contributed by atoms with E-state index in [-0.39, 0.29) is 34.3 Å². The van der Waals surface area contributed by atoms with E-state index in [4.69, 9.17) is 0 Å². The third kappa shape index (κ3) is 4.33. The minimum Gasteiger partial charge on any atom is -0.506 e. The van der Waals surface area contributed by atoms with E-state index in [1.807, 2.05) is 32.9 Å². The highest BCUT2D eigenvalue weighted by Gasteiger charge is 2.45. The lowest BCUT2D eigenvalue weighted by atomic mass is 9.79. The van der Waals surface area contributed by atoms with Gasteiger partial charge in [-0.05, 0) is 72.6 Å². The highest BCUT2D eigenvalue weighted by molar-refractivity contribution is 6.44. The maximum atomic E-state index is 13.4. The van der Waals surface area contributed by atoms with Gasteiger partial charge in [0.1, 0.15) is 5.76 Å². The van der Waals surface area contributed by atoms with Crippen LogP contribution in [0.4, 0.5) is 11.4 Å². The van der Waals surface area contributed by atoms with Crippen molar-refractivity contribution in [2.24, 2.45) is 11.0 Å². The smallest absolute Gasteiger partial charge is 0.277 e. The van der Waals surface area contributed by atoms with E-state index in [0.29, 0.717) is 17.0 Å². The fourth-order valence-corrected chi connectivity index (χ4v) is 5.19. The molecule has 0 saturated heterocycles. The number of aliphatic hydroxyl groups is 1. The van der Waals surface area contributed by atoms with Crippen LogP contribution in [0.1, 0.15) is 72.8 Å². The Kier molecular flexibility index (Phi) is 6.82. The molecule has 2 N–H and O–H groups in total. The summed E-state index contributed by atoms with van der Waals surface area (Å²) in [4.78, 5) is 41.6. The summed E-state index contributed by atoms with van der Waals surface area (Å²) < 4.78 is 0. The number of hydrogen-bond acceptors (Lipinski definition) is 6. The fraction of sp³-hybridized carbons (Fsp3) is 0.500. The number of ketones is 1. The first-order valence-electron chi connectivity index (χ1n) is 12.8. The molecule has 192 valence electrons. The van der Waals surface area contributed by atoms with E-state index in [0.717, 1.165) is 44.5 Å². The van der Waals surface area contributed by atoms with Crippen LogP contribution in [-0.4, -0.2) is 52.1 Å². The second-order valence-corrected chi connectivity index (χ2v) is 10.6. The van der Waals surface area contributed by atoms with Crippen molar-refractivity contribution in [2.45, 2.75) is 72.8 Å². The summed E-state index contributed by atoms with van der Waals surface area (Å²) in [6, 6.07) is 5.52. The Morgan fingerprint density at radius 1 is 1.11 bits per heavy atom. The quantitative estimate of drug-likeness (QED) is 0.554. The number of aliphatic hydroxyl groups excluding tert-OH is 1. The van der Waals surface area contributed by atoms with E-state index in [1.54, 1.807) is 13.0 Å². The van der Waals surface area contributed by atoms with Crippen molar-refractivity contribution in [1.29, 1.82) is 0 Å². The van der Waals surface area contributed by atoms with Gasteiger partial charge in [-0.3, -0.25) is 14.4 Å². The minimum absolute atomic E-state index is 0.0103. The summed E-state index contributed by atoms with van der Waals surface area (Å²) in [6.45, 7) is 12.9. The van der Waals surface area contributed by atoms with Gasteiger partial charge in [-0.15, -0.1) is 0 Å². The van der Waals surface area contributed by atoms with Crippen molar-refractivity contribution in [3.63, 3.8) is 0 Å². The molecule has 2 aliphatic carbocycles. The zero-order valence-corrected chi connectivity index (χ0v) is 22.1. The Morgan fingerprint density at radius 2 is 1.75 bits per heavy atom.